The Morgan fingerprint density at radius 1 is 1.31 bits per heavy atom. The SMILES string of the molecule is CCc1cc(=O)n2nc(C3=CCC(C)(OC)CC3)nc2n1CC(=O)Nc1ccc(C(F)(F)F)cc1Cl. The first-order chi connectivity index (χ1) is 16.9. The number of nitrogens with zero attached hydrogens (tertiary/aromatic N) is 4. The number of rotatable bonds is 6. The summed E-state index contributed by atoms with van der Waals surface area (Å²) in [6, 6.07) is 4.08. The molecule has 1 aromatic carbocycles. The highest BCUT2D eigenvalue weighted by molar-refractivity contribution is 6.33. The maximum atomic E-state index is 12.9. The van der Waals surface area contributed by atoms with Gasteiger partial charge < -0.3 is 14.6 Å². The number of halogens is 4. The molecule has 8 nitrogen and oxygen atoms in total. The van der Waals surface area contributed by atoms with Crippen molar-refractivity contribution in [2.75, 3.05) is 12.4 Å². The molecule has 1 aliphatic carbocycles. The Labute approximate surface area is 209 Å². The lowest BCUT2D eigenvalue weighted by Gasteiger charge is -2.30. The van der Waals surface area contributed by atoms with Crippen molar-refractivity contribution in [3.05, 3.63) is 62.8 Å². The lowest BCUT2D eigenvalue weighted by Crippen LogP contribution is -2.28. The van der Waals surface area contributed by atoms with Gasteiger partial charge in [-0.25, -0.2) is 0 Å². The van der Waals surface area contributed by atoms with Gasteiger partial charge in [0.05, 0.1) is 21.9 Å². The van der Waals surface area contributed by atoms with Gasteiger partial charge in [0.2, 0.25) is 11.7 Å². The first-order valence-corrected chi connectivity index (χ1v) is 11.7. The first kappa shape index (κ1) is 25.9. The van der Waals surface area contributed by atoms with Gasteiger partial charge in [0.15, 0.2) is 5.82 Å². The second-order valence-corrected chi connectivity index (χ2v) is 9.30. The zero-order valence-electron chi connectivity index (χ0n) is 19.9. The van der Waals surface area contributed by atoms with Gasteiger partial charge in [-0.3, -0.25) is 9.59 Å². The molecular weight excluding hydrogens is 499 g/mol. The van der Waals surface area contributed by atoms with Crippen LogP contribution in [0.2, 0.25) is 5.02 Å². The van der Waals surface area contributed by atoms with Crippen molar-refractivity contribution in [3.63, 3.8) is 0 Å². The summed E-state index contributed by atoms with van der Waals surface area (Å²) in [7, 11) is 1.67. The minimum absolute atomic E-state index is 0.0421. The van der Waals surface area contributed by atoms with Crippen LogP contribution in [0.4, 0.5) is 18.9 Å². The zero-order valence-corrected chi connectivity index (χ0v) is 20.7. The summed E-state index contributed by atoms with van der Waals surface area (Å²) in [6.45, 7) is 3.61. The van der Waals surface area contributed by atoms with Gasteiger partial charge in [0.1, 0.15) is 6.54 Å². The number of allylic oxidation sites excluding steroid dienone is 1. The summed E-state index contributed by atoms with van der Waals surface area (Å²) < 4.78 is 47.0. The average molecular weight is 524 g/mol. The van der Waals surface area contributed by atoms with Gasteiger partial charge in [-0.2, -0.15) is 22.7 Å². The zero-order chi connectivity index (χ0) is 26.3. The molecule has 0 bridgehead atoms. The summed E-state index contributed by atoms with van der Waals surface area (Å²) in [6.07, 6.45) is 0.00254. The molecule has 4 rings (SSSR count). The number of carbonyl (C=O) groups excluding carboxylic acids is 1. The molecule has 0 saturated carbocycles. The van der Waals surface area contributed by atoms with Crippen molar-refractivity contribution in [2.45, 2.75) is 57.9 Å². The number of aryl methyl sites for hydroxylation is 1. The normalized spacial score (nSPS) is 18.4. The van der Waals surface area contributed by atoms with E-state index in [1.807, 2.05) is 19.9 Å². The lowest BCUT2D eigenvalue weighted by atomic mass is 9.86. The second-order valence-electron chi connectivity index (χ2n) is 8.89. The molecule has 192 valence electrons. The third-order valence-corrected chi connectivity index (χ3v) is 6.71. The molecular formula is C24H25ClF3N5O3. The number of alkyl halides is 3. The molecule has 1 unspecified atom stereocenters. The molecule has 36 heavy (non-hydrogen) atoms. The molecule has 0 saturated heterocycles. The number of amides is 1. The largest absolute Gasteiger partial charge is 0.416 e. The highest BCUT2D eigenvalue weighted by atomic mass is 35.5. The summed E-state index contributed by atoms with van der Waals surface area (Å²) in [5, 5.41) is 6.68. The number of benzene rings is 1. The Balaban J connectivity index is 1.64. The standard InChI is InChI=1S/C24H25ClF3N5O3/c1-4-16-12-20(35)33-22(30-21(31-33)14-7-9-23(2,36-3)10-8-14)32(16)13-19(34)29-18-6-5-15(11-17(18)25)24(26,27)28/h5-7,11-12H,4,8-10,13H2,1-3H3,(H,29,34). The Kier molecular flexibility index (Phi) is 6.98. The summed E-state index contributed by atoms with van der Waals surface area (Å²) in [5.74, 6) is 0.0524. The van der Waals surface area contributed by atoms with Gasteiger partial charge in [0, 0.05) is 18.9 Å². The van der Waals surface area contributed by atoms with E-state index in [1.54, 1.807) is 11.7 Å². The number of methoxy groups -OCH3 is 1. The lowest BCUT2D eigenvalue weighted by molar-refractivity contribution is -0.137. The third-order valence-electron chi connectivity index (χ3n) is 6.39. The van der Waals surface area contributed by atoms with E-state index in [4.69, 9.17) is 16.3 Å². The molecule has 0 fully saturated rings. The summed E-state index contributed by atoms with van der Waals surface area (Å²) >= 11 is 5.97. The third kappa shape index (κ3) is 5.17. The monoisotopic (exact) mass is 523 g/mol. The van der Waals surface area contributed by atoms with Crippen molar-refractivity contribution in [1.82, 2.24) is 19.2 Å². The fourth-order valence-corrected chi connectivity index (χ4v) is 4.32. The minimum atomic E-state index is -4.55. The number of nitrogens with one attached hydrogen (secondary N) is 1. The minimum Gasteiger partial charge on any atom is -0.378 e. The van der Waals surface area contributed by atoms with Gasteiger partial charge in [-0.05, 0) is 56.4 Å². The molecule has 1 amide bonds. The van der Waals surface area contributed by atoms with Gasteiger partial charge >= 0.3 is 6.18 Å². The Hall–Kier alpha value is -3.18. The Morgan fingerprint density at radius 3 is 2.64 bits per heavy atom. The topological polar surface area (TPSA) is 90.5 Å². The van der Waals surface area contributed by atoms with E-state index in [9.17, 15) is 22.8 Å². The van der Waals surface area contributed by atoms with E-state index in [-0.39, 0.29) is 34.2 Å². The molecule has 0 radical (unpaired) electrons. The van der Waals surface area contributed by atoms with Crippen LogP contribution in [-0.2, 0) is 28.7 Å². The molecule has 0 spiro atoms. The fourth-order valence-electron chi connectivity index (χ4n) is 4.09. The van der Waals surface area contributed by atoms with Gasteiger partial charge in [0.25, 0.3) is 5.56 Å². The van der Waals surface area contributed by atoms with E-state index >= 15 is 0 Å². The molecule has 1 aliphatic rings. The number of fused-ring (bicyclic) bond motifs is 1. The quantitative estimate of drug-likeness (QED) is 0.504. The number of hydrogen-bond donors (Lipinski definition) is 1. The molecule has 12 heteroatoms. The van der Waals surface area contributed by atoms with Crippen LogP contribution in [0.1, 0.15) is 50.2 Å². The first-order valence-electron chi connectivity index (χ1n) is 11.3. The highest BCUT2D eigenvalue weighted by Gasteiger charge is 2.31. The predicted octanol–water partition coefficient (Wildman–Crippen LogP) is 4.74. The number of ether oxygens (including phenoxy) is 1. The number of anilines is 1. The molecule has 2 aromatic heterocycles. The molecule has 3 aromatic rings. The predicted molar refractivity (Wildman–Crippen MR) is 129 cm³/mol. The van der Waals surface area contributed by atoms with Crippen molar-refractivity contribution < 1.29 is 22.7 Å². The maximum absolute atomic E-state index is 12.9. The van der Waals surface area contributed by atoms with Crippen molar-refractivity contribution in [1.29, 1.82) is 0 Å². The molecule has 0 aliphatic heterocycles. The average Bonchev–Trinajstić information content (AvgIpc) is 3.28. The molecule has 1 atom stereocenters. The van der Waals surface area contributed by atoms with Crippen LogP contribution < -0.4 is 10.9 Å². The van der Waals surface area contributed by atoms with Crippen molar-refractivity contribution in [3.8, 4) is 0 Å². The van der Waals surface area contributed by atoms with Crippen LogP contribution in [-0.4, -0.2) is 37.8 Å². The van der Waals surface area contributed by atoms with Gasteiger partial charge in [-0.1, -0.05) is 24.6 Å². The number of carbonyl (C=O) groups is 1. The van der Waals surface area contributed by atoms with Crippen LogP contribution in [0, 0.1) is 0 Å². The van der Waals surface area contributed by atoms with Crippen LogP contribution in [0.25, 0.3) is 11.4 Å². The van der Waals surface area contributed by atoms with Gasteiger partial charge in [-0.15, -0.1) is 5.10 Å². The van der Waals surface area contributed by atoms with E-state index in [0.717, 1.165) is 34.7 Å². The van der Waals surface area contributed by atoms with E-state index in [0.29, 0.717) is 30.8 Å². The highest BCUT2D eigenvalue weighted by Crippen LogP contribution is 2.34. The van der Waals surface area contributed by atoms with Crippen molar-refractivity contribution >= 4 is 34.5 Å². The molecule has 1 N–H and O–H groups in total. The molecule has 2 heterocycles. The smallest absolute Gasteiger partial charge is 0.378 e. The Bertz CT molecular complexity index is 1410. The van der Waals surface area contributed by atoms with E-state index < -0.39 is 17.6 Å². The van der Waals surface area contributed by atoms with Crippen LogP contribution in [0.15, 0.2) is 35.1 Å². The maximum Gasteiger partial charge on any atom is 0.416 e. The number of hydrogen-bond acceptors (Lipinski definition) is 5. The van der Waals surface area contributed by atoms with Crippen LogP contribution >= 0.6 is 11.6 Å². The second kappa shape index (κ2) is 9.70. The number of aromatic nitrogens is 4. The van der Waals surface area contributed by atoms with Crippen molar-refractivity contribution in [2.24, 2.45) is 0 Å². The summed E-state index contributed by atoms with van der Waals surface area (Å²) in [4.78, 5) is 30.1. The van der Waals surface area contributed by atoms with E-state index in [1.165, 1.54) is 6.07 Å². The summed E-state index contributed by atoms with van der Waals surface area (Å²) in [5.41, 5.74) is -0.0662. The van der Waals surface area contributed by atoms with Crippen LogP contribution in [0.3, 0.4) is 0 Å². The fraction of sp³-hybridized carbons (Fsp3) is 0.417. The van der Waals surface area contributed by atoms with Crippen LogP contribution in [0.5, 0.6) is 0 Å². The Morgan fingerprint density at radius 2 is 2.06 bits per heavy atom. The van der Waals surface area contributed by atoms with E-state index in [2.05, 4.69) is 15.4 Å².